The molecule has 2 aliphatic rings. The second-order valence-corrected chi connectivity index (χ2v) is 8.66. The summed E-state index contributed by atoms with van der Waals surface area (Å²) in [5.74, 6) is 1.47. The van der Waals surface area contributed by atoms with Crippen LogP contribution in [0.3, 0.4) is 0 Å². The zero-order valence-corrected chi connectivity index (χ0v) is 14.4. The SMILES string of the molecule is C[C@@H]1CCC[C@@H](CCNS(=O)(=O)N2C[C@@H](C)O[C@@H](C)C2)C1. The predicted octanol–water partition coefficient (Wildman–Crippen LogP) is 2.15. The smallest absolute Gasteiger partial charge is 0.279 e. The molecule has 0 amide bonds. The number of nitrogens with one attached hydrogen (secondary N) is 1. The highest BCUT2D eigenvalue weighted by molar-refractivity contribution is 7.87. The standard InChI is InChI=1S/C15H30N2O3S/c1-12-5-4-6-15(9-12)7-8-16-21(18,19)17-10-13(2)20-14(3)11-17/h12-16H,4-11H2,1-3H3/t12-,13-,14+,15+/m1/s1. The van der Waals surface area contributed by atoms with Gasteiger partial charge in [0, 0.05) is 19.6 Å². The third kappa shape index (κ3) is 5.20. The first-order chi connectivity index (χ1) is 9.87. The van der Waals surface area contributed by atoms with E-state index in [0.717, 1.165) is 12.3 Å². The molecular formula is C15H30N2O3S. The first kappa shape index (κ1) is 17.2. The van der Waals surface area contributed by atoms with Crippen molar-refractivity contribution in [3.05, 3.63) is 0 Å². The molecule has 6 heteroatoms. The Balaban J connectivity index is 1.78. The van der Waals surface area contributed by atoms with Crippen LogP contribution >= 0.6 is 0 Å². The molecule has 1 saturated heterocycles. The van der Waals surface area contributed by atoms with Crippen molar-refractivity contribution in [3.8, 4) is 0 Å². The maximum Gasteiger partial charge on any atom is 0.279 e. The lowest BCUT2D eigenvalue weighted by molar-refractivity contribution is -0.0443. The highest BCUT2D eigenvalue weighted by Gasteiger charge is 2.30. The molecule has 1 N–H and O–H groups in total. The van der Waals surface area contributed by atoms with Crippen molar-refractivity contribution in [1.29, 1.82) is 0 Å². The molecule has 2 fully saturated rings. The summed E-state index contributed by atoms with van der Waals surface area (Å²) < 4.78 is 34.6. The Hall–Kier alpha value is -0.170. The number of hydrogen-bond donors (Lipinski definition) is 1. The zero-order valence-electron chi connectivity index (χ0n) is 13.5. The van der Waals surface area contributed by atoms with Crippen LogP contribution in [0.25, 0.3) is 0 Å². The Morgan fingerprint density at radius 1 is 1.14 bits per heavy atom. The van der Waals surface area contributed by atoms with Crippen LogP contribution in [0, 0.1) is 11.8 Å². The Morgan fingerprint density at radius 2 is 1.81 bits per heavy atom. The average Bonchev–Trinajstić information content (AvgIpc) is 2.37. The highest BCUT2D eigenvalue weighted by Crippen LogP contribution is 2.30. The van der Waals surface area contributed by atoms with Crippen LogP contribution < -0.4 is 4.72 Å². The van der Waals surface area contributed by atoms with Crippen molar-refractivity contribution in [3.63, 3.8) is 0 Å². The van der Waals surface area contributed by atoms with E-state index in [1.165, 1.54) is 30.0 Å². The third-order valence-electron chi connectivity index (χ3n) is 4.61. The Kier molecular flexibility index (Phi) is 6.05. The molecule has 5 nitrogen and oxygen atoms in total. The predicted molar refractivity (Wildman–Crippen MR) is 84.2 cm³/mol. The van der Waals surface area contributed by atoms with Crippen molar-refractivity contribution in [2.75, 3.05) is 19.6 Å². The van der Waals surface area contributed by atoms with Crippen LogP contribution in [0.5, 0.6) is 0 Å². The van der Waals surface area contributed by atoms with E-state index in [1.54, 1.807) is 0 Å². The zero-order chi connectivity index (χ0) is 15.5. The summed E-state index contributed by atoms with van der Waals surface area (Å²) in [4.78, 5) is 0. The molecule has 0 aromatic rings. The van der Waals surface area contributed by atoms with Gasteiger partial charge in [-0.1, -0.05) is 26.2 Å². The number of nitrogens with zero attached hydrogens (tertiary/aromatic N) is 1. The molecular weight excluding hydrogens is 288 g/mol. The molecule has 0 bridgehead atoms. The quantitative estimate of drug-likeness (QED) is 0.845. The van der Waals surface area contributed by atoms with E-state index in [-0.39, 0.29) is 12.2 Å². The summed E-state index contributed by atoms with van der Waals surface area (Å²) in [5, 5.41) is 0. The molecule has 0 spiro atoms. The Bertz CT molecular complexity index is 417. The average molecular weight is 318 g/mol. The minimum atomic E-state index is -3.36. The molecule has 0 aromatic heterocycles. The second kappa shape index (κ2) is 7.40. The van der Waals surface area contributed by atoms with Crippen molar-refractivity contribution in [1.82, 2.24) is 9.03 Å². The van der Waals surface area contributed by atoms with Crippen LogP contribution in [0.2, 0.25) is 0 Å². The summed E-state index contributed by atoms with van der Waals surface area (Å²) in [5.41, 5.74) is 0. The molecule has 1 saturated carbocycles. The van der Waals surface area contributed by atoms with Crippen LogP contribution in [-0.2, 0) is 14.9 Å². The van der Waals surface area contributed by atoms with Gasteiger partial charge in [0.15, 0.2) is 0 Å². The van der Waals surface area contributed by atoms with Gasteiger partial charge in [0.1, 0.15) is 0 Å². The largest absolute Gasteiger partial charge is 0.373 e. The topological polar surface area (TPSA) is 58.6 Å². The number of hydrogen-bond acceptors (Lipinski definition) is 3. The third-order valence-corrected chi connectivity index (χ3v) is 6.15. The highest BCUT2D eigenvalue weighted by atomic mass is 32.2. The summed E-state index contributed by atoms with van der Waals surface area (Å²) >= 11 is 0. The van der Waals surface area contributed by atoms with Gasteiger partial charge in [-0.05, 0) is 38.5 Å². The van der Waals surface area contributed by atoms with E-state index < -0.39 is 10.2 Å². The van der Waals surface area contributed by atoms with Crippen LogP contribution in [-0.4, -0.2) is 44.6 Å². The van der Waals surface area contributed by atoms with E-state index in [4.69, 9.17) is 4.74 Å². The van der Waals surface area contributed by atoms with Crippen LogP contribution in [0.15, 0.2) is 0 Å². The van der Waals surface area contributed by atoms with E-state index >= 15 is 0 Å². The molecule has 2 rings (SSSR count). The van der Waals surface area contributed by atoms with Gasteiger partial charge < -0.3 is 4.74 Å². The molecule has 0 aromatic carbocycles. The van der Waals surface area contributed by atoms with Gasteiger partial charge >= 0.3 is 0 Å². The summed E-state index contributed by atoms with van der Waals surface area (Å²) in [6, 6.07) is 0. The number of morpholine rings is 1. The molecule has 124 valence electrons. The van der Waals surface area contributed by atoms with Gasteiger partial charge in [0.2, 0.25) is 0 Å². The van der Waals surface area contributed by atoms with Crippen molar-refractivity contribution < 1.29 is 13.2 Å². The fraction of sp³-hybridized carbons (Fsp3) is 1.00. The van der Waals surface area contributed by atoms with Crippen molar-refractivity contribution in [2.45, 2.75) is 65.1 Å². The monoisotopic (exact) mass is 318 g/mol. The molecule has 1 aliphatic heterocycles. The molecule has 1 heterocycles. The Labute approximate surface area is 129 Å². The van der Waals surface area contributed by atoms with Gasteiger partial charge in [-0.3, -0.25) is 0 Å². The first-order valence-electron chi connectivity index (χ1n) is 8.27. The maximum absolute atomic E-state index is 12.3. The maximum atomic E-state index is 12.3. The number of rotatable bonds is 5. The molecule has 21 heavy (non-hydrogen) atoms. The lowest BCUT2D eigenvalue weighted by atomic mass is 9.81. The lowest BCUT2D eigenvalue weighted by Gasteiger charge is -2.34. The summed E-state index contributed by atoms with van der Waals surface area (Å²) in [6.07, 6.45) is 5.99. The Morgan fingerprint density at radius 3 is 2.43 bits per heavy atom. The fourth-order valence-corrected chi connectivity index (χ4v) is 5.00. The van der Waals surface area contributed by atoms with E-state index in [1.807, 2.05) is 13.8 Å². The van der Waals surface area contributed by atoms with Crippen LogP contribution in [0.4, 0.5) is 0 Å². The van der Waals surface area contributed by atoms with Gasteiger partial charge in [-0.25, -0.2) is 4.72 Å². The molecule has 1 aliphatic carbocycles. The van der Waals surface area contributed by atoms with E-state index in [9.17, 15) is 8.42 Å². The molecule has 0 radical (unpaired) electrons. The van der Waals surface area contributed by atoms with E-state index in [2.05, 4.69) is 11.6 Å². The van der Waals surface area contributed by atoms with Gasteiger partial charge in [0.25, 0.3) is 10.2 Å². The van der Waals surface area contributed by atoms with E-state index in [0.29, 0.717) is 25.6 Å². The second-order valence-electron chi connectivity index (χ2n) is 6.90. The van der Waals surface area contributed by atoms with Gasteiger partial charge in [-0.2, -0.15) is 12.7 Å². The van der Waals surface area contributed by atoms with Crippen molar-refractivity contribution in [2.24, 2.45) is 11.8 Å². The van der Waals surface area contributed by atoms with Gasteiger partial charge in [0.05, 0.1) is 12.2 Å². The molecule has 0 unspecified atom stereocenters. The lowest BCUT2D eigenvalue weighted by Crippen LogP contribution is -2.52. The van der Waals surface area contributed by atoms with Gasteiger partial charge in [-0.15, -0.1) is 0 Å². The van der Waals surface area contributed by atoms with Crippen LogP contribution in [0.1, 0.15) is 52.9 Å². The fourth-order valence-electron chi connectivity index (χ4n) is 3.63. The minimum Gasteiger partial charge on any atom is -0.373 e. The normalized spacial score (nSPS) is 35.8. The number of ether oxygens (including phenoxy) is 1. The minimum absolute atomic E-state index is 0.0375. The first-order valence-corrected chi connectivity index (χ1v) is 9.71. The van der Waals surface area contributed by atoms with Crippen molar-refractivity contribution >= 4 is 10.2 Å². The molecule has 4 atom stereocenters. The summed E-state index contributed by atoms with van der Waals surface area (Å²) in [7, 11) is -3.36. The summed E-state index contributed by atoms with van der Waals surface area (Å²) in [6.45, 7) is 7.58.